The molecule has 2 amide bonds. The van der Waals surface area contributed by atoms with E-state index < -0.39 is 10.0 Å². The van der Waals surface area contributed by atoms with Crippen LogP contribution in [0.2, 0.25) is 5.02 Å². The number of benzene rings is 2. The predicted molar refractivity (Wildman–Crippen MR) is 135 cm³/mol. The maximum atomic E-state index is 12.7. The van der Waals surface area contributed by atoms with Gasteiger partial charge in [0.25, 0.3) is 5.91 Å². The highest BCUT2D eigenvalue weighted by molar-refractivity contribution is 7.88. The summed E-state index contributed by atoms with van der Waals surface area (Å²) in [6, 6.07) is 14.3. The van der Waals surface area contributed by atoms with E-state index in [1.807, 2.05) is 24.3 Å². The van der Waals surface area contributed by atoms with Crippen LogP contribution in [0.3, 0.4) is 0 Å². The van der Waals surface area contributed by atoms with Crippen LogP contribution < -0.4 is 14.9 Å². The summed E-state index contributed by atoms with van der Waals surface area (Å²) >= 11 is 7.16. The van der Waals surface area contributed by atoms with Crippen LogP contribution in [-0.4, -0.2) is 49.3 Å². The highest BCUT2D eigenvalue weighted by atomic mass is 35.5. The van der Waals surface area contributed by atoms with Gasteiger partial charge in [0.15, 0.2) is 0 Å². The summed E-state index contributed by atoms with van der Waals surface area (Å²) in [4.78, 5) is 26.8. The fourth-order valence-electron chi connectivity index (χ4n) is 3.66. The Hall–Kier alpha value is -2.86. The summed E-state index contributed by atoms with van der Waals surface area (Å²) in [5, 5.41) is 12.7. The van der Waals surface area contributed by atoms with Gasteiger partial charge in [-0.05, 0) is 41.8 Å². The largest absolute Gasteiger partial charge is 0.345 e. The third-order valence-electron chi connectivity index (χ3n) is 5.45. The van der Waals surface area contributed by atoms with Crippen molar-refractivity contribution in [1.29, 1.82) is 0 Å². The molecule has 184 valence electrons. The number of amides is 2. The molecule has 1 saturated heterocycles. The molecule has 1 aliphatic rings. The normalized spacial score (nSPS) is 16.0. The summed E-state index contributed by atoms with van der Waals surface area (Å²) in [6.45, 7) is 0.517. The molecule has 2 heterocycles. The molecule has 1 atom stereocenters. The van der Waals surface area contributed by atoms with Gasteiger partial charge < -0.3 is 10.2 Å². The molecule has 0 spiro atoms. The number of aryl methyl sites for hydroxylation is 2. The van der Waals surface area contributed by atoms with Crippen molar-refractivity contribution in [3.63, 3.8) is 0 Å². The molecule has 0 aliphatic carbocycles. The van der Waals surface area contributed by atoms with Gasteiger partial charge in [0.05, 0.1) is 12.3 Å². The first-order chi connectivity index (χ1) is 16.7. The SMILES string of the molecule is CS(=O)(=O)NCc1ccc(N2C[C@H](NC(=O)c3nnc(CCc4ccc(Cl)cc4)s3)CC2=O)cc1. The van der Waals surface area contributed by atoms with Crippen LogP contribution in [0.5, 0.6) is 0 Å². The highest BCUT2D eigenvalue weighted by Crippen LogP contribution is 2.23. The number of aromatic nitrogens is 2. The monoisotopic (exact) mass is 533 g/mol. The fraction of sp³-hybridized carbons (Fsp3) is 0.304. The number of rotatable bonds is 9. The lowest BCUT2D eigenvalue weighted by Crippen LogP contribution is -2.37. The van der Waals surface area contributed by atoms with E-state index in [1.54, 1.807) is 29.2 Å². The van der Waals surface area contributed by atoms with Gasteiger partial charge in [-0.2, -0.15) is 0 Å². The Labute approximate surface area is 212 Å². The highest BCUT2D eigenvalue weighted by Gasteiger charge is 2.32. The van der Waals surface area contributed by atoms with Crippen LogP contribution in [0.25, 0.3) is 0 Å². The first-order valence-corrected chi connectivity index (χ1v) is 14.0. The lowest BCUT2D eigenvalue weighted by Gasteiger charge is -2.17. The summed E-state index contributed by atoms with van der Waals surface area (Å²) in [5.41, 5.74) is 2.59. The summed E-state index contributed by atoms with van der Waals surface area (Å²) in [6.07, 6.45) is 2.72. The van der Waals surface area contributed by atoms with Crippen LogP contribution >= 0.6 is 22.9 Å². The zero-order chi connectivity index (χ0) is 25.0. The second-order valence-corrected chi connectivity index (χ2v) is 11.6. The molecule has 0 unspecified atom stereocenters. The zero-order valence-electron chi connectivity index (χ0n) is 18.9. The van der Waals surface area contributed by atoms with Gasteiger partial charge in [-0.3, -0.25) is 9.59 Å². The van der Waals surface area contributed by atoms with E-state index in [9.17, 15) is 18.0 Å². The van der Waals surface area contributed by atoms with Crippen molar-refractivity contribution in [2.24, 2.45) is 0 Å². The topological polar surface area (TPSA) is 121 Å². The molecule has 12 heteroatoms. The summed E-state index contributed by atoms with van der Waals surface area (Å²) in [7, 11) is -3.28. The van der Waals surface area contributed by atoms with Gasteiger partial charge in [0.1, 0.15) is 5.01 Å². The zero-order valence-corrected chi connectivity index (χ0v) is 21.3. The Morgan fingerprint density at radius 1 is 1.09 bits per heavy atom. The quantitative estimate of drug-likeness (QED) is 0.436. The molecule has 3 aromatic rings. The first-order valence-electron chi connectivity index (χ1n) is 10.9. The van der Waals surface area contributed by atoms with Crippen LogP contribution in [0.15, 0.2) is 48.5 Å². The smallest absolute Gasteiger partial charge is 0.282 e. The fourth-order valence-corrected chi connectivity index (χ4v) is 4.95. The number of hydrogen-bond donors (Lipinski definition) is 2. The third-order valence-corrected chi connectivity index (χ3v) is 7.35. The van der Waals surface area contributed by atoms with Gasteiger partial charge in [-0.25, -0.2) is 13.1 Å². The minimum absolute atomic E-state index is 0.0989. The van der Waals surface area contributed by atoms with Crippen molar-refractivity contribution in [3.8, 4) is 0 Å². The van der Waals surface area contributed by atoms with Crippen LogP contribution in [0.4, 0.5) is 5.69 Å². The molecule has 0 bridgehead atoms. The maximum absolute atomic E-state index is 12.7. The molecule has 1 aromatic heterocycles. The minimum Gasteiger partial charge on any atom is -0.345 e. The number of carbonyl (C=O) groups is 2. The van der Waals surface area contributed by atoms with Gasteiger partial charge >= 0.3 is 0 Å². The molecule has 9 nitrogen and oxygen atoms in total. The predicted octanol–water partition coefficient (Wildman–Crippen LogP) is 2.56. The van der Waals surface area contributed by atoms with Gasteiger partial charge in [0.2, 0.25) is 20.9 Å². The Morgan fingerprint density at radius 3 is 2.46 bits per heavy atom. The van der Waals surface area contributed by atoms with E-state index in [0.29, 0.717) is 23.7 Å². The molecule has 1 aliphatic heterocycles. The van der Waals surface area contributed by atoms with E-state index in [2.05, 4.69) is 20.2 Å². The molecule has 2 N–H and O–H groups in total. The molecule has 4 rings (SSSR count). The lowest BCUT2D eigenvalue weighted by molar-refractivity contribution is -0.117. The van der Waals surface area contributed by atoms with Crippen molar-refractivity contribution in [2.45, 2.75) is 31.8 Å². The van der Waals surface area contributed by atoms with E-state index in [4.69, 9.17) is 11.6 Å². The van der Waals surface area contributed by atoms with Gasteiger partial charge in [0, 0.05) is 36.6 Å². The van der Waals surface area contributed by atoms with Crippen molar-refractivity contribution < 1.29 is 18.0 Å². The standard InChI is InChI=1S/C23H24ClN5O4S2/c1-35(32,33)25-13-16-4-9-19(10-5-16)29-14-18(12-21(29)30)26-22(31)23-28-27-20(34-23)11-6-15-2-7-17(24)8-3-15/h2-5,7-10,18,25H,6,11-14H2,1H3,(H,26,31)/t18-/m1/s1. The average molecular weight is 534 g/mol. The number of carbonyl (C=O) groups excluding carboxylic acids is 2. The second kappa shape index (κ2) is 10.8. The molecule has 2 aromatic carbocycles. The Morgan fingerprint density at radius 2 is 1.77 bits per heavy atom. The summed E-state index contributed by atoms with van der Waals surface area (Å²) < 4.78 is 24.9. The van der Waals surface area contributed by atoms with Crippen LogP contribution in [0.1, 0.15) is 32.4 Å². The molecule has 0 saturated carbocycles. The minimum atomic E-state index is -3.28. The van der Waals surface area contributed by atoms with Crippen molar-refractivity contribution in [2.75, 3.05) is 17.7 Å². The number of anilines is 1. The Bertz CT molecular complexity index is 1310. The number of halogens is 1. The number of nitrogens with one attached hydrogen (secondary N) is 2. The molecule has 0 radical (unpaired) electrons. The van der Waals surface area contributed by atoms with E-state index in [1.165, 1.54) is 11.3 Å². The molecular formula is C23H24ClN5O4S2. The number of nitrogens with zero attached hydrogens (tertiary/aromatic N) is 3. The van der Waals surface area contributed by atoms with Crippen LogP contribution in [-0.2, 0) is 34.2 Å². The first kappa shape index (κ1) is 25.2. The Balaban J connectivity index is 1.30. The third kappa shape index (κ3) is 7.07. The van der Waals surface area contributed by atoms with E-state index in [-0.39, 0.29) is 35.8 Å². The van der Waals surface area contributed by atoms with E-state index in [0.717, 1.165) is 28.8 Å². The molecule has 35 heavy (non-hydrogen) atoms. The second-order valence-electron chi connectivity index (χ2n) is 8.27. The van der Waals surface area contributed by atoms with Crippen molar-refractivity contribution in [1.82, 2.24) is 20.2 Å². The van der Waals surface area contributed by atoms with Crippen LogP contribution in [0, 0.1) is 0 Å². The summed E-state index contributed by atoms with van der Waals surface area (Å²) in [5.74, 6) is -0.444. The number of hydrogen-bond acceptors (Lipinski definition) is 7. The Kier molecular flexibility index (Phi) is 7.80. The maximum Gasteiger partial charge on any atom is 0.282 e. The molecule has 1 fully saturated rings. The van der Waals surface area contributed by atoms with E-state index >= 15 is 0 Å². The average Bonchev–Trinajstić information content (AvgIpc) is 3.44. The van der Waals surface area contributed by atoms with Crippen molar-refractivity contribution >= 4 is 50.5 Å². The van der Waals surface area contributed by atoms with Gasteiger partial charge in [-0.1, -0.05) is 47.2 Å². The number of sulfonamides is 1. The lowest BCUT2D eigenvalue weighted by atomic mass is 10.1. The van der Waals surface area contributed by atoms with Crippen molar-refractivity contribution in [3.05, 3.63) is 74.7 Å². The van der Waals surface area contributed by atoms with Gasteiger partial charge in [-0.15, -0.1) is 10.2 Å². The molecular weight excluding hydrogens is 510 g/mol.